The number of ether oxygens (including phenoxy) is 1. The largest absolute Gasteiger partial charge is 0.481 e. The maximum atomic E-state index is 14.1. The summed E-state index contributed by atoms with van der Waals surface area (Å²) in [4.78, 5) is 40.8. The molecule has 0 saturated heterocycles. The van der Waals surface area contributed by atoms with Gasteiger partial charge in [0.1, 0.15) is 23.7 Å². The van der Waals surface area contributed by atoms with Crippen molar-refractivity contribution in [1.29, 1.82) is 0 Å². The Bertz CT molecular complexity index is 2310. The zero-order valence-corrected chi connectivity index (χ0v) is 32.8. The SMILES string of the molecule is CCOC(=O)[C@@H](C[C@H](N)Cc1ccc(-c2cc(Cl)ccc2F)cc1)N=[N+]=[N-].[N-]=[N+]=N[C@H](C[C@@H](Cc1ccc(-c2cc(Cl)ccc2F)cc1)NC(=O)c1cn[nH]n1)C(=O)O. The molecular formula is C39H37Cl2F2N11O5. The van der Waals surface area contributed by atoms with Gasteiger partial charge in [0.2, 0.25) is 0 Å². The minimum Gasteiger partial charge on any atom is -0.481 e. The van der Waals surface area contributed by atoms with E-state index in [0.29, 0.717) is 38.7 Å². The highest BCUT2D eigenvalue weighted by molar-refractivity contribution is 6.31. The molecule has 1 amide bonds. The lowest BCUT2D eigenvalue weighted by Crippen LogP contribution is -2.40. The number of azide groups is 2. The Kier molecular flexibility index (Phi) is 17.1. The van der Waals surface area contributed by atoms with E-state index in [2.05, 4.69) is 40.8 Å². The molecule has 0 spiro atoms. The van der Waals surface area contributed by atoms with E-state index < -0.39 is 47.8 Å². The molecule has 0 unspecified atom stereocenters. The number of nitrogens with two attached hydrogens (primary N) is 1. The predicted octanol–water partition coefficient (Wildman–Crippen LogP) is 8.41. The number of aromatic nitrogens is 3. The van der Waals surface area contributed by atoms with E-state index in [1.807, 2.05) is 12.1 Å². The van der Waals surface area contributed by atoms with Crippen LogP contribution in [0.2, 0.25) is 10.0 Å². The number of nitrogens with one attached hydrogen (secondary N) is 2. The number of hydrogen-bond donors (Lipinski definition) is 4. The summed E-state index contributed by atoms with van der Waals surface area (Å²) in [6.45, 7) is 1.88. The summed E-state index contributed by atoms with van der Waals surface area (Å²) in [6.07, 6.45) is 1.95. The molecule has 0 bridgehead atoms. The number of aromatic amines is 1. The number of amides is 1. The molecule has 5 aromatic rings. The van der Waals surface area contributed by atoms with Crippen LogP contribution < -0.4 is 11.1 Å². The summed E-state index contributed by atoms with van der Waals surface area (Å²) in [5, 5.41) is 29.2. The third kappa shape index (κ3) is 13.8. The highest BCUT2D eigenvalue weighted by atomic mass is 35.5. The van der Waals surface area contributed by atoms with E-state index in [1.165, 1.54) is 36.5 Å². The van der Waals surface area contributed by atoms with E-state index in [-0.39, 0.29) is 37.4 Å². The molecule has 20 heteroatoms. The molecule has 1 aromatic heterocycles. The first-order valence-corrected chi connectivity index (χ1v) is 18.6. The van der Waals surface area contributed by atoms with Gasteiger partial charge in [0, 0.05) is 43.1 Å². The standard InChI is InChI=1S/C20H17ClFN7O3.C19H20ClFN4O2/c21-13-5-6-16(22)15(8-13)12-3-1-11(2-4-12)7-14(9-17(20(31)32)26-28-23)25-19(30)18-10-24-29-27-18;1-2-27-19(26)18(24-25-23)11-15(22)9-12-3-5-13(6-4-12)16-10-14(20)7-8-17(16)21/h1-6,8,10,14,17H,7,9H2,(H,25,30)(H,31,32)(H,24,27,29);3-8,10,15,18H,2,9,11,22H2,1H3/t14-,17-;15-,18-/m11/s1. The van der Waals surface area contributed by atoms with Crippen LogP contribution in [0, 0.1) is 11.6 Å². The van der Waals surface area contributed by atoms with Crippen LogP contribution in [0.1, 0.15) is 41.4 Å². The van der Waals surface area contributed by atoms with Gasteiger partial charge in [0.05, 0.1) is 12.8 Å². The fourth-order valence-corrected chi connectivity index (χ4v) is 6.16. The lowest BCUT2D eigenvalue weighted by atomic mass is 9.97. The van der Waals surface area contributed by atoms with Gasteiger partial charge in [0.15, 0.2) is 5.69 Å². The van der Waals surface area contributed by atoms with E-state index in [0.717, 1.165) is 11.1 Å². The third-order valence-electron chi connectivity index (χ3n) is 8.61. The van der Waals surface area contributed by atoms with Crippen LogP contribution in [0.5, 0.6) is 0 Å². The number of carboxylic acid groups (broad SMARTS) is 1. The maximum absolute atomic E-state index is 14.1. The number of carbonyl (C=O) groups is 3. The van der Waals surface area contributed by atoms with Crippen LogP contribution in [-0.2, 0) is 27.2 Å². The average molecular weight is 849 g/mol. The van der Waals surface area contributed by atoms with Crippen LogP contribution in [0.25, 0.3) is 43.1 Å². The minimum absolute atomic E-state index is 0.0254. The van der Waals surface area contributed by atoms with Crippen molar-refractivity contribution in [1.82, 2.24) is 20.7 Å². The fraction of sp³-hybridized carbons (Fsp3) is 0.256. The molecule has 4 aromatic carbocycles. The van der Waals surface area contributed by atoms with Gasteiger partial charge < -0.3 is 20.9 Å². The molecule has 5 N–H and O–H groups in total. The maximum Gasteiger partial charge on any atom is 0.314 e. The van der Waals surface area contributed by atoms with Gasteiger partial charge in [-0.1, -0.05) is 82.0 Å². The second-order valence-corrected chi connectivity index (χ2v) is 13.7. The molecule has 0 aliphatic heterocycles. The van der Waals surface area contributed by atoms with E-state index in [9.17, 15) is 28.3 Å². The highest BCUT2D eigenvalue weighted by Gasteiger charge is 2.25. The molecule has 0 saturated carbocycles. The van der Waals surface area contributed by atoms with Crippen molar-refractivity contribution in [2.45, 2.75) is 56.8 Å². The number of rotatable bonds is 17. The number of hydrogen-bond acceptors (Lipinski definition) is 9. The second-order valence-electron chi connectivity index (χ2n) is 12.8. The van der Waals surface area contributed by atoms with Gasteiger partial charge in [-0.3, -0.25) is 14.4 Å². The number of esters is 1. The predicted molar refractivity (Wildman–Crippen MR) is 216 cm³/mol. The molecule has 306 valence electrons. The quantitative estimate of drug-likeness (QED) is 0.0305. The average Bonchev–Trinajstić information content (AvgIpc) is 3.76. The molecule has 5 rings (SSSR count). The van der Waals surface area contributed by atoms with Crippen LogP contribution in [0.3, 0.4) is 0 Å². The Hall–Kier alpha value is -6.55. The van der Waals surface area contributed by atoms with Crippen molar-refractivity contribution in [2.75, 3.05) is 6.61 Å². The highest BCUT2D eigenvalue weighted by Crippen LogP contribution is 2.28. The first kappa shape index (κ1) is 45.2. The smallest absolute Gasteiger partial charge is 0.314 e. The van der Waals surface area contributed by atoms with Gasteiger partial charge >= 0.3 is 11.9 Å². The summed E-state index contributed by atoms with van der Waals surface area (Å²) in [5.41, 5.74) is 27.1. The number of halogens is 4. The van der Waals surface area contributed by atoms with Crippen LogP contribution in [0.15, 0.2) is 101 Å². The van der Waals surface area contributed by atoms with Gasteiger partial charge in [0.25, 0.3) is 5.91 Å². The van der Waals surface area contributed by atoms with Crippen molar-refractivity contribution in [3.63, 3.8) is 0 Å². The molecule has 59 heavy (non-hydrogen) atoms. The van der Waals surface area contributed by atoms with Crippen LogP contribution >= 0.6 is 23.2 Å². The van der Waals surface area contributed by atoms with Crippen molar-refractivity contribution in [3.8, 4) is 22.3 Å². The van der Waals surface area contributed by atoms with Crippen LogP contribution in [0.4, 0.5) is 8.78 Å². The summed E-state index contributed by atoms with van der Waals surface area (Å²) in [6, 6.07) is 19.3. The normalized spacial score (nSPS) is 12.6. The Morgan fingerprint density at radius 2 is 1.37 bits per heavy atom. The van der Waals surface area contributed by atoms with E-state index in [1.54, 1.807) is 49.4 Å². The molecule has 0 radical (unpaired) electrons. The number of carboxylic acids is 1. The van der Waals surface area contributed by atoms with Gasteiger partial charge in [-0.05, 0) is 102 Å². The Morgan fingerprint density at radius 3 is 1.85 bits per heavy atom. The number of H-pyrrole nitrogens is 1. The van der Waals surface area contributed by atoms with Crippen molar-refractivity contribution in [3.05, 3.63) is 151 Å². The van der Waals surface area contributed by atoms with Gasteiger partial charge in [-0.15, -0.1) is 0 Å². The molecular weight excluding hydrogens is 811 g/mol. The van der Waals surface area contributed by atoms with E-state index >= 15 is 0 Å². The lowest BCUT2D eigenvalue weighted by molar-refractivity contribution is -0.145. The molecule has 0 aliphatic carbocycles. The summed E-state index contributed by atoms with van der Waals surface area (Å²) < 4.78 is 33.0. The number of nitrogens with zero attached hydrogens (tertiary/aromatic N) is 8. The third-order valence-corrected chi connectivity index (χ3v) is 9.08. The molecule has 1 heterocycles. The lowest BCUT2D eigenvalue weighted by Gasteiger charge is -2.20. The Balaban J connectivity index is 0.000000265. The number of carbonyl (C=O) groups excluding carboxylic acids is 2. The molecule has 0 aliphatic rings. The fourth-order valence-electron chi connectivity index (χ4n) is 5.82. The Morgan fingerprint density at radius 1 is 0.847 bits per heavy atom. The topological polar surface area (TPSA) is 258 Å². The van der Waals surface area contributed by atoms with E-state index in [4.69, 9.17) is 44.7 Å². The minimum atomic E-state index is -1.37. The monoisotopic (exact) mass is 847 g/mol. The summed E-state index contributed by atoms with van der Waals surface area (Å²) >= 11 is 11.9. The van der Waals surface area contributed by atoms with Gasteiger partial charge in [-0.25, -0.2) is 8.78 Å². The van der Waals surface area contributed by atoms with Crippen molar-refractivity contribution >= 4 is 41.0 Å². The Labute approximate surface area is 345 Å². The summed E-state index contributed by atoms with van der Waals surface area (Å²) in [5.74, 6) is -3.23. The molecule has 0 fully saturated rings. The number of benzene rings is 4. The molecule has 4 atom stereocenters. The zero-order valence-electron chi connectivity index (χ0n) is 31.3. The van der Waals surface area contributed by atoms with Crippen molar-refractivity contribution in [2.24, 2.45) is 16.0 Å². The molecule has 16 nitrogen and oxygen atoms in total. The zero-order chi connectivity index (χ0) is 42.9. The van der Waals surface area contributed by atoms with Crippen LogP contribution in [-0.4, -0.2) is 69.1 Å². The summed E-state index contributed by atoms with van der Waals surface area (Å²) in [7, 11) is 0. The van der Waals surface area contributed by atoms with Crippen molar-refractivity contribution < 1.29 is 33.0 Å². The van der Waals surface area contributed by atoms with Gasteiger partial charge in [-0.2, -0.15) is 15.4 Å². The first-order chi connectivity index (χ1) is 28.3. The first-order valence-electron chi connectivity index (χ1n) is 17.8. The number of aliphatic carboxylic acids is 1. The second kappa shape index (κ2) is 22.4.